The van der Waals surface area contributed by atoms with E-state index in [0.717, 1.165) is 44.9 Å². The van der Waals surface area contributed by atoms with Crippen LogP contribution in [0.2, 0.25) is 0 Å². The standard InChI is InChI=1S/C38H60O13/c1-18-7-12-37(46-16-18)17-38(45)26(51-37)14-24-22-6-5-20-13-21(8-10-35(20,3)23(22)9-11-36(24,38)4)48-34-32(30(43)28(41)25(15-39)49-34)50-33-31(44)29(42)27(40)19(2)47-33/h5,18-19,21-34,39-45H,6-17H2,1-4H3/t18-,19+,21+,22-,23+,24+,25+,26+,27+,28+,29-,30-,31-,32+,33+,34+,35+,36+,37-,38-/m1/s1. The normalized spacial score (nSPS) is 58.4. The zero-order valence-electron chi connectivity index (χ0n) is 30.4. The highest BCUT2D eigenvalue weighted by Crippen LogP contribution is 2.71. The first kappa shape index (κ1) is 37.2. The first-order valence-corrected chi connectivity index (χ1v) is 19.5. The minimum absolute atomic E-state index is 0.0328. The SMILES string of the molecule is C[C@@H]1CC[C@@]2(C[C@@]3(O)[C@H](C[C@H]4[C@@H]5CC=C6C[C@@H](O[C@H]7O[C@@H](CO)[C@H](O)[C@@H](O)[C@@H]7O[C@@H]7O[C@@H](C)[C@H](O)[C@@H](O)[C@H]7O)CC[C@]6(C)[C@H]5CC[C@@]43C)O2)OC1. The van der Waals surface area contributed by atoms with Gasteiger partial charge < -0.3 is 64.2 Å². The topological polar surface area (TPSA) is 197 Å². The number of fused-ring (bicyclic) bond motifs is 7. The summed E-state index contributed by atoms with van der Waals surface area (Å²) >= 11 is 0. The fraction of sp³-hybridized carbons (Fsp3) is 0.947. The molecule has 1 spiro atoms. The van der Waals surface area contributed by atoms with Crippen LogP contribution in [0, 0.1) is 34.5 Å². The molecule has 13 nitrogen and oxygen atoms in total. The zero-order chi connectivity index (χ0) is 36.2. The molecule has 7 N–H and O–H groups in total. The lowest BCUT2D eigenvalue weighted by Crippen LogP contribution is -2.64. The van der Waals surface area contributed by atoms with Crippen LogP contribution in [0.25, 0.3) is 0 Å². The van der Waals surface area contributed by atoms with E-state index in [1.165, 1.54) is 12.5 Å². The van der Waals surface area contributed by atoms with Crippen LogP contribution in [0.3, 0.4) is 0 Å². The highest BCUT2D eigenvalue weighted by Gasteiger charge is 2.73. The van der Waals surface area contributed by atoms with Gasteiger partial charge in [0.15, 0.2) is 18.4 Å². The van der Waals surface area contributed by atoms with Gasteiger partial charge in [-0.2, -0.15) is 0 Å². The van der Waals surface area contributed by atoms with Crippen LogP contribution in [-0.4, -0.2) is 134 Å². The van der Waals surface area contributed by atoms with Gasteiger partial charge in [0.05, 0.1) is 31.5 Å². The van der Waals surface area contributed by atoms with Gasteiger partial charge in [0.1, 0.15) is 48.3 Å². The van der Waals surface area contributed by atoms with E-state index in [0.29, 0.717) is 49.5 Å². The van der Waals surface area contributed by atoms with Crippen LogP contribution in [0.1, 0.15) is 91.9 Å². The summed E-state index contributed by atoms with van der Waals surface area (Å²) < 4.78 is 37.1. The molecule has 4 heterocycles. The molecule has 0 amide bonds. The van der Waals surface area contributed by atoms with Crippen molar-refractivity contribution < 1.29 is 64.2 Å². The molecule has 0 aromatic heterocycles. The molecular weight excluding hydrogens is 664 g/mol. The smallest absolute Gasteiger partial charge is 0.187 e. The van der Waals surface area contributed by atoms with E-state index < -0.39 is 79.4 Å². The fourth-order valence-corrected chi connectivity index (χ4v) is 11.9. The lowest BCUT2D eigenvalue weighted by Gasteiger charge is -2.59. The quantitative estimate of drug-likeness (QED) is 0.201. The molecule has 51 heavy (non-hydrogen) atoms. The Balaban J connectivity index is 0.967. The van der Waals surface area contributed by atoms with Crippen molar-refractivity contribution in [1.29, 1.82) is 0 Å². The first-order chi connectivity index (χ1) is 24.1. The van der Waals surface area contributed by atoms with Crippen molar-refractivity contribution in [2.45, 2.75) is 177 Å². The van der Waals surface area contributed by atoms with Crippen LogP contribution in [0.15, 0.2) is 11.6 Å². The van der Waals surface area contributed by atoms with Gasteiger partial charge in [0.2, 0.25) is 0 Å². The minimum atomic E-state index is -1.62. The van der Waals surface area contributed by atoms with E-state index in [-0.39, 0.29) is 23.0 Å². The van der Waals surface area contributed by atoms with Gasteiger partial charge in [-0.1, -0.05) is 32.4 Å². The van der Waals surface area contributed by atoms with Gasteiger partial charge in [0.25, 0.3) is 0 Å². The maximum atomic E-state index is 12.4. The second-order valence-corrected chi connectivity index (χ2v) is 18.0. The Morgan fingerprint density at radius 1 is 0.843 bits per heavy atom. The average Bonchev–Trinajstić information content (AvgIpc) is 3.51. The Hall–Kier alpha value is -0.780. The predicted octanol–water partition coefficient (Wildman–Crippen LogP) is 1.26. The molecule has 0 aromatic rings. The third kappa shape index (κ3) is 5.74. The number of hydrogen-bond acceptors (Lipinski definition) is 13. The van der Waals surface area contributed by atoms with Crippen molar-refractivity contribution >= 4 is 0 Å². The molecule has 0 aromatic carbocycles. The lowest BCUT2D eigenvalue weighted by molar-refractivity contribution is -0.369. The predicted molar refractivity (Wildman–Crippen MR) is 178 cm³/mol. The molecule has 20 atom stereocenters. The van der Waals surface area contributed by atoms with Gasteiger partial charge in [-0.15, -0.1) is 0 Å². The number of hydrogen-bond donors (Lipinski definition) is 7. The molecule has 0 radical (unpaired) electrons. The summed E-state index contributed by atoms with van der Waals surface area (Å²) in [5, 5.41) is 75.2. The molecule has 8 aliphatic rings. The Morgan fingerprint density at radius 3 is 2.35 bits per heavy atom. The molecule has 4 aliphatic carbocycles. The van der Waals surface area contributed by atoms with E-state index >= 15 is 0 Å². The highest BCUT2D eigenvalue weighted by molar-refractivity contribution is 5.28. The van der Waals surface area contributed by atoms with Crippen molar-refractivity contribution in [3.05, 3.63) is 11.6 Å². The van der Waals surface area contributed by atoms with Crippen LogP contribution in [0.5, 0.6) is 0 Å². The van der Waals surface area contributed by atoms with Crippen molar-refractivity contribution in [1.82, 2.24) is 0 Å². The third-order valence-electron chi connectivity index (χ3n) is 15.2. The van der Waals surface area contributed by atoms with Crippen molar-refractivity contribution in [2.24, 2.45) is 34.5 Å². The third-order valence-corrected chi connectivity index (χ3v) is 15.2. The lowest BCUT2D eigenvalue weighted by atomic mass is 9.46. The number of rotatable bonds is 5. The molecule has 3 saturated carbocycles. The monoisotopic (exact) mass is 724 g/mol. The molecule has 4 aliphatic heterocycles. The maximum absolute atomic E-state index is 12.4. The van der Waals surface area contributed by atoms with Crippen LogP contribution < -0.4 is 0 Å². The molecular formula is C38H60O13. The Labute approximate surface area is 300 Å². The molecule has 4 saturated heterocycles. The first-order valence-electron chi connectivity index (χ1n) is 19.5. The fourth-order valence-electron chi connectivity index (χ4n) is 11.9. The summed E-state index contributed by atoms with van der Waals surface area (Å²) in [4.78, 5) is 0. The highest BCUT2D eigenvalue weighted by atomic mass is 16.8. The second-order valence-electron chi connectivity index (χ2n) is 18.0. The molecule has 290 valence electrons. The Morgan fingerprint density at radius 2 is 1.63 bits per heavy atom. The molecule has 0 bridgehead atoms. The van der Waals surface area contributed by atoms with E-state index in [4.69, 9.17) is 28.4 Å². The molecule has 0 unspecified atom stereocenters. The van der Waals surface area contributed by atoms with Crippen molar-refractivity contribution in [3.8, 4) is 0 Å². The van der Waals surface area contributed by atoms with Gasteiger partial charge in [-0.25, -0.2) is 0 Å². The van der Waals surface area contributed by atoms with Gasteiger partial charge in [-0.3, -0.25) is 0 Å². The number of allylic oxidation sites excluding steroid dienone is 1. The van der Waals surface area contributed by atoms with Crippen LogP contribution >= 0.6 is 0 Å². The van der Waals surface area contributed by atoms with Gasteiger partial charge in [-0.05, 0) is 87.4 Å². The average molecular weight is 725 g/mol. The minimum Gasteiger partial charge on any atom is -0.394 e. The number of ether oxygens (including phenoxy) is 6. The largest absolute Gasteiger partial charge is 0.394 e. The number of aliphatic hydroxyl groups is 7. The van der Waals surface area contributed by atoms with Crippen LogP contribution in [-0.2, 0) is 28.4 Å². The van der Waals surface area contributed by atoms with Crippen molar-refractivity contribution in [3.63, 3.8) is 0 Å². The maximum Gasteiger partial charge on any atom is 0.187 e. The number of aliphatic hydroxyl groups excluding tert-OH is 6. The molecule has 8 rings (SSSR count). The summed E-state index contributed by atoms with van der Waals surface area (Å²) in [6.07, 6.45) is -3.16. The second kappa shape index (κ2) is 13.2. The van der Waals surface area contributed by atoms with Crippen molar-refractivity contribution in [2.75, 3.05) is 13.2 Å². The van der Waals surface area contributed by atoms with E-state index in [1.807, 2.05) is 0 Å². The van der Waals surface area contributed by atoms with Gasteiger partial charge in [0, 0.05) is 18.3 Å². The van der Waals surface area contributed by atoms with Gasteiger partial charge >= 0.3 is 0 Å². The summed E-state index contributed by atoms with van der Waals surface area (Å²) in [7, 11) is 0. The summed E-state index contributed by atoms with van der Waals surface area (Å²) in [6.45, 7) is 8.55. The summed E-state index contributed by atoms with van der Waals surface area (Å²) in [5.41, 5.74) is 0.178. The zero-order valence-corrected chi connectivity index (χ0v) is 30.4. The van der Waals surface area contributed by atoms with E-state index in [2.05, 4.69) is 26.8 Å². The summed E-state index contributed by atoms with van der Waals surface area (Å²) in [5.74, 6) is 1.12. The Kier molecular flexibility index (Phi) is 9.60. The Bertz CT molecular complexity index is 1320. The summed E-state index contributed by atoms with van der Waals surface area (Å²) in [6, 6.07) is 0. The molecule has 13 heteroatoms. The van der Waals surface area contributed by atoms with E-state index in [9.17, 15) is 35.7 Å². The van der Waals surface area contributed by atoms with Crippen LogP contribution in [0.4, 0.5) is 0 Å². The van der Waals surface area contributed by atoms with E-state index in [1.54, 1.807) is 0 Å². The molecule has 7 fully saturated rings.